The Bertz CT molecular complexity index is 483. The Morgan fingerprint density at radius 1 is 1.33 bits per heavy atom. The van der Waals surface area contributed by atoms with Crippen molar-refractivity contribution in [3.63, 3.8) is 0 Å². The van der Waals surface area contributed by atoms with Crippen LogP contribution in [-0.2, 0) is 0 Å². The van der Waals surface area contributed by atoms with Crippen molar-refractivity contribution in [2.75, 3.05) is 5.73 Å². The summed E-state index contributed by atoms with van der Waals surface area (Å²) >= 11 is 0. The molecule has 1 fully saturated rings. The highest BCUT2D eigenvalue weighted by atomic mass is 15.1. The molecule has 1 aliphatic rings. The van der Waals surface area contributed by atoms with Gasteiger partial charge in [-0.15, -0.1) is 0 Å². The fraction of sp³-hybridized carbons (Fsp3) is 0.250. The lowest BCUT2D eigenvalue weighted by molar-refractivity contribution is 0.750. The van der Waals surface area contributed by atoms with Crippen LogP contribution in [0.5, 0.6) is 0 Å². The Morgan fingerprint density at radius 2 is 2.20 bits per heavy atom. The Labute approximate surface area is 88.6 Å². The molecule has 1 aliphatic carbocycles. The van der Waals surface area contributed by atoms with E-state index in [1.807, 2.05) is 24.4 Å². The molecule has 0 spiro atoms. The first-order chi connectivity index (χ1) is 7.34. The second kappa shape index (κ2) is 3.12. The van der Waals surface area contributed by atoms with Crippen molar-refractivity contribution in [1.82, 2.24) is 9.55 Å². The van der Waals surface area contributed by atoms with Crippen LogP contribution in [-0.4, -0.2) is 9.55 Å². The highest BCUT2D eigenvalue weighted by Crippen LogP contribution is 2.37. The molecule has 0 unspecified atom stereocenters. The lowest BCUT2D eigenvalue weighted by Crippen LogP contribution is -1.96. The third-order valence-corrected chi connectivity index (χ3v) is 2.75. The minimum absolute atomic E-state index is 0.656. The number of nitrogens with zero attached hydrogens (tertiary/aromatic N) is 2. The number of hydrogen-bond donors (Lipinski definition) is 1. The van der Waals surface area contributed by atoms with Crippen molar-refractivity contribution in [3.05, 3.63) is 36.7 Å². The van der Waals surface area contributed by atoms with E-state index in [0.29, 0.717) is 6.04 Å². The van der Waals surface area contributed by atoms with Gasteiger partial charge in [-0.1, -0.05) is 12.1 Å². The fourth-order valence-electron chi connectivity index (χ4n) is 1.86. The monoisotopic (exact) mass is 199 g/mol. The van der Waals surface area contributed by atoms with Crippen LogP contribution in [0.4, 0.5) is 5.69 Å². The molecule has 3 nitrogen and oxygen atoms in total. The topological polar surface area (TPSA) is 43.8 Å². The molecule has 2 N–H and O–H groups in total. The second-order valence-corrected chi connectivity index (χ2v) is 4.01. The summed E-state index contributed by atoms with van der Waals surface area (Å²) in [6.45, 7) is 0. The molecule has 3 heteroatoms. The molecule has 76 valence electrons. The van der Waals surface area contributed by atoms with Crippen LogP contribution in [0.3, 0.4) is 0 Å². The van der Waals surface area contributed by atoms with Gasteiger partial charge in [-0.3, -0.25) is 0 Å². The largest absolute Gasteiger partial charge is 0.399 e. The summed E-state index contributed by atoms with van der Waals surface area (Å²) in [6.07, 6.45) is 6.45. The number of hydrogen-bond acceptors (Lipinski definition) is 2. The maximum atomic E-state index is 5.77. The van der Waals surface area contributed by atoms with E-state index in [2.05, 4.69) is 21.8 Å². The second-order valence-electron chi connectivity index (χ2n) is 4.01. The van der Waals surface area contributed by atoms with Crippen LogP contribution in [0.2, 0.25) is 0 Å². The van der Waals surface area contributed by atoms with Crippen molar-refractivity contribution >= 4 is 5.69 Å². The quantitative estimate of drug-likeness (QED) is 0.755. The van der Waals surface area contributed by atoms with E-state index in [9.17, 15) is 0 Å². The Morgan fingerprint density at radius 3 is 2.93 bits per heavy atom. The van der Waals surface area contributed by atoms with Crippen molar-refractivity contribution in [3.8, 4) is 11.4 Å². The van der Waals surface area contributed by atoms with Gasteiger partial charge in [-0.05, 0) is 25.0 Å². The molecule has 2 aromatic rings. The van der Waals surface area contributed by atoms with E-state index in [1.165, 1.54) is 12.8 Å². The standard InChI is InChI=1S/C12H13N3/c13-10-3-1-2-9(8-10)12-14-6-7-15(12)11-4-5-11/h1-3,6-8,11H,4-5,13H2. The smallest absolute Gasteiger partial charge is 0.140 e. The van der Waals surface area contributed by atoms with Gasteiger partial charge in [-0.25, -0.2) is 4.98 Å². The van der Waals surface area contributed by atoms with Gasteiger partial charge in [0.1, 0.15) is 5.82 Å². The Hall–Kier alpha value is -1.77. The highest BCUT2D eigenvalue weighted by Gasteiger charge is 2.25. The van der Waals surface area contributed by atoms with Gasteiger partial charge in [0.05, 0.1) is 0 Å². The number of benzene rings is 1. The number of rotatable bonds is 2. The number of anilines is 1. The van der Waals surface area contributed by atoms with E-state index >= 15 is 0 Å². The van der Waals surface area contributed by atoms with Gasteiger partial charge in [0.2, 0.25) is 0 Å². The van der Waals surface area contributed by atoms with Gasteiger partial charge in [0.25, 0.3) is 0 Å². The van der Waals surface area contributed by atoms with E-state index in [4.69, 9.17) is 5.73 Å². The maximum absolute atomic E-state index is 5.77. The molecule has 1 saturated carbocycles. The number of nitrogens with two attached hydrogens (primary N) is 1. The van der Waals surface area contributed by atoms with E-state index < -0.39 is 0 Å². The minimum Gasteiger partial charge on any atom is -0.399 e. The van der Waals surface area contributed by atoms with E-state index in [-0.39, 0.29) is 0 Å². The number of aromatic nitrogens is 2. The number of nitrogen functional groups attached to an aromatic ring is 1. The van der Waals surface area contributed by atoms with Crippen LogP contribution in [0, 0.1) is 0 Å². The molecule has 0 bridgehead atoms. The average molecular weight is 199 g/mol. The van der Waals surface area contributed by atoms with Crippen molar-refractivity contribution in [1.29, 1.82) is 0 Å². The normalized spacial score (nSPS) is 15.5. The van der Waals surface area contributed by atoms with Gasteiger partial charge in [0, 0.05) is 29.7 Å². The predicted molar refractivity (Wildman–Crippen MR) is 60.3 cm³/mol. The molecular weight excluding hydrogens is 186 g/mol. The molecule has 15 heavy (non-hydrogen) atoms. The lowest BCUT2D eigenvalue weighted by Gasteiger charge is -2.06. The van der Waals surface area contributed by atoms with Gasteiger partial charge >= 0.3 is 0 Å². The molecule has 0 radical (unpaired) electrons. The molecule has 0 atom stereocenters. The van der Waals surface area contributed by atoms with E-state index in [1.54, 1.807) is 0 Å². The zero-order valence-electron chi connectivity index (χ0n) is 8.43. The highest BCUT2D eigenvalue weighted by molar-refractivity contribution is 5.61. The summed E-state index contributed by atoms with van der Waals surface area (Å²) in [5.41, 5.74) is 7.66. The minimum atomic E-state index is 0.656. The SMILES string of the molecule is Nc1cccc(-c2nccn2C2CC2)c1. The third-order valence-electron chi connectivity index (χ3n) is 2.75. The first-order valence-electron chi connectivity index (χ1n) is 5.23. The van der Waals surface area contributed by atoms with Crippen LogP contribution >= 0.6 is 0 Å². The Kier molecular flexibility index (Phi) is 1.78. The molecule has 0 saturated heterocycles. The van der Waals surface area contributed by atoms with Gasteiger partial charge < -0.3 is 10.3 Å². The molecule has 1 heterocycles. The Balaban J connectivity index is 2.07. The maximum Gasteiger partial charge on any atom is 0.140 e. The first kappa shape index (κ1) is 8.53. The predicted octanol–water partition coefficient (Wildman–Crippen LogP) is 2.47. The van der Waals surface area contributed by atoms with Crippen molar-refractivity contribution in [2.45, 2.75) is 18.9 Å². The molecular formula is C12H13N3. The van der Waals surface area contributed by atoms with E-state index in [0.717, 1.165) is 17.1 Å². The average Bonchev–Trinajstić information content (AvgIpc) is 2.96. The van der Waals surface area contributed by atoms with Crippen LogP contribution < -0.4 is 5.73 Å². The van der Waals surface area contributed by atoms with Crippen molar-refractivity contribution < 1.29 is 0 Å². The molecule has 1 aromatic carbocycles. The lowest BCUT2D eigenvalue weighted by atomic mass is 10.2. The molecule has 0 aliphatic heterocycles. The third kappa shape index (κ3) is 1.50. The summed E-state index contributed by atoms with van der Waals surface area (Å²) in [4.78, 5) is 4.40. The summed E-state index contributed by atoms with van der Waals surface area (Å²) in [6, 6.07) is 8.55. The van der Waals surface area contributed by atoms with Gasteiger partial charge in [-0.2, -0.15) is 0 Å². The summed E-state index contributed by atoms with van der Waals surface area (Å²) in [7, 11) is 0. The summed E-state index contributed by atoms with van der Waals surface area (Å²) in [5, 5.41) is 0. The van der Waals surface area contributed by atoms with Crippen molar-refractivity contribution in [2.24, 2.45) is 0 Å². The zero-order valence-corrected chi connectivity index (χ0v) is 8.43. The van der Waals surface area contributed by atoms with Crippen LogP contribution in [0.1, 0.15) is 18.9 Å². The summed E-state index contributed by atoms with van der Waals surface area (Å²) < 4.78 is 2.24. The number of imidazole rings is 1. The molecule has 0 amide bonds. The summed E-state index contributed by atoms with van der Waals surface area (Å²) in [5.74, 6) is 1.03. The van der Waals surface area contributed by atoms with Gasteiger partial charge in [0.15, 0.2) is 0 Å². The van der Waals surface area contributed by atoms with Crippen LogP contribution in [0.15, 0.2) is 36.7 Å². The fourth-order valence-corrected chi connectivity index (χ4v) is 1.86. The molecule has 1 aromatic heterocycles. The molecule has 3 rings (SSSR count). The first-order valence-corrected chi connectivity index (χ1v) is 5.23. The zero-order chi connectivity index (χ0) is 10.3. The van der Waals surface area contributed by atoms with Crippen LogP contribution in [0.25, 0.3) is 11.4 Å².